The van der Waals surface area contributed by atoms with Crippen LogP contribution in [0.1, 0.15) is 43.4 Å². The molecule has 1 aliphatic heterocycles. The monoisotopic (exact) mass is 395 g/mol. The van der Waals surface area contributed by atoms with Crippen LogP contribution in [0.4, 0.5) is 0 Å². The lowest BCUT2D eigenvalue weighted by Crippen LogP contribution is -2.33. The lowest BCUT2D eigenvalue weighted by atomic mass is 10.0. The Morgan fingerprint density at radius 3 is 2.50 bits per heavy atom. The van der Waals surface area contributed by atoms with E-state index in [9.17, 15) is 9.59 Å². The first-order chi connectivity index (χ1) is 13.5. The van der Waals surface area contributed by atoms with Gasteiger partial charge in [0, 0.05) is 25.7 Å². The number of methoxy groups -OCH3 is 2. The van der Waals surface area contributed by atoms with Crippen LogP contribution >= 0.6 is 0 Å². The summed E-state index contributed by atoms with van der Waals surface area (Å²) in [6, 6.07) is 3.84. The molecule has 0 radical (unpaired) electrons. The molecule has 1 N–H and O–H groups in total. The maximum atomic E-state index is 10.7. The summed E-state index contributed by atoms with van der Waals surface area (Å²) in [6.45, 7) is 8.79. The van der Waals surface area contributed by atoms with Gasteiger partial charge in [0.05, 0.1) is 26.9 Å². The average molecular weight is 395 g/mol. The van der Waals surface area contributed by atoms with Crippen LogP contribution in [-0.4, -0.2) is 52.0 Å². The number of nitrogens with one attached hydrogen (secondary N) is 1. The van der Waals surface area contributed by atoms with Crippen LogP contribution in [0, 0.1) is 6.92 Å². The van der Waals surface area contributed by atoms with E-state index in [2.05, 4.69) is 29.1 Å². The number of ether oxygens (including phenoxy) is 4. The molecule has 2 rings (SSSR count). The molecule has 7 heteroatoms. The molecule has 0 spiro atoms. The number of aryl methyl sites for hydroxylation is 1. The first kappa shape index (κ1) is 23.9. The minimum atomic E-state index is -0.405. The Balaban J connectivity index is 0.000000330. The lowest BCUT2D eigenvalue weighted by molar-refractivity contribution is -0.143. The minimum absolute atomic E-state index is 0.0737. The van der Waals surface area contributed by atoms with Crippen molar-refractivity contribution in [3.63, 3.8) is 0 Å². The fraction of sp³-hybridized carbons (Fsp3) is 0.619. The van der Waals surface area contributed by atoms with Gasteiger partial charge in [-0.3, -0.25) is 4.79 Å². The maximum absolute atomic E-state index is 10.7. The van der Waals surface area contributed by atoms with Gasteiger partial charge in [0.25, 0.3) is 0 Å². The second kappa shape index (κ2) is 13.1. The fourth-order valence-corrected chi connectivity index (χ4v) is 2.87. The van der Waals surface area contributed by atoms with Crippen LogP contribution < -0.4 is 10.1 Å². The Hall–Kier alpha value is -2.12. The van der Waals surface area contributed by atoms with Crippen molar-refractivity contribution in [2.45, 2.75) is 52.7 Å². The van der Waals surface area contributed by atoms with Crippen molar-refractivity contribution in [2.24, 2.45) is 0 Å². The normalized spacial score (nSPS) is 15.5. The smallest absolute Gasteiger partial charge is 0.328 e. The molecular formula is C21H33NO6. The van der Waals surface area contributed by atoms with E-state index in [1.54, 1.807) is 7.11 Å². The third-order valence-electron chi connectivity index (χ3n) is 4.35. The number of hydrogen-bond acceptors (Lipinski definition) is 6. The van der Waals surface area contributed by atoms with Gasteiger partial charge in [-0.25, -0.2) is 4.79 Å². The maximum Gasteiger partial charge on any atom is 0.328 e. The topological polar surface area (TPSA) is 83.1 Å². The summed E-state index contributed by atoms with van der Waals surface area (Å²) in [6.07, 6.45) is 1.88. The van der Waals surface area contributed by atoms with Crippen molar-refractivity contribution in [1.29, 1.82) is 0 Å². The Labute approximate surface area is 167 Å². The summed E-state index contributed by atoms with van der Waals surface area (Å²) in [5, 5.41) is 2.49. The van der Waals surface area contributed by atoms with Crippen molar-refractivity contribution in [3.05, 3.63) is 28.8 Å². The van der Waals surface area contributed by atoms with E-state index in [-0.39, 0.29) is 11.9 Å². The second-order valence-corrected chi connectivity index (χ2v) is 6.34. The van der Waals surface area contributed by atoms with Crippen LogP contribution in [0.5, 0.6) is 5.75 Å². The summed E-state index contributed by atoms with van der Waals surface area (Å²) in [5.41, 5.74) is 3.57. The zero-order valence-corrected chi connectivity index (χ0v) is 17.6. The highest BCUT2D eigenvalue weighted by Gasteiger charge is 2.27. The van der Waals surface area contributed by atoms with Crippen molar-refractivity contribution >= 4 is 11.9 Å². The number of esters is 1. The van der Waals surface area contributed by atoms with Gasteiger partial charge in [0.15, 0.2) is 0 Å². The van der Waals surface area contributed by atoms with Crippen LogP contribution in [-0.2, 0) is 36.8 Å². The second-order valence-electron chi connectivity index (χ2n) is 6.34. The standard InChI is InChI=1S/C15H24O3.C6H9NO3/c1-5-17-11-14-13(9-10-16-4)8-7-12(3)15(14)18-6-2;1-10-6(9)4-2-3-5(8)7-4/h7-8H,5-6,9-11H2,1-4H3;4H,2-3H2,1H3,(H,7,8)/t;4-/m.0/s1. The molecule has 158 valence electrons. The first-order valence-electron chi connectivity index (χ1n) is 9.66. The summed E-state index contributed by atoms with van der Waals surface area (Å²) < 4.78 is 20.9. The first-order valence-corrected chi connectivity index (χ1v) is 9.66. The van der Waals surface area contributed by atoms with Gasteiger partial charge in [-0.15, -0.1) is 0 Å². The molecule has 1 aliphatic rings. The van der Waals surface area contributed by atoms with Crippen molar-refractivity contribution in [3.8, 4) is 5.75 Å². The van der Waals surface area contributed by atoms with Crippen LogP contribution in [0.25, 0.3) is 0 Å². The number of benzene rings is 1. The third kappa shape index (κ3) is 7.48. The van der Waals surface area contributed by atoms with Gasteiger partial charge in [-0.2, -0.15) is 0 Å². The Morgan fingerprint density at radius 1 is 1.21 bits per heavy atom. The number of carbonyl (C=O) groups is 2. The van der Waals surface area contributed by atoms with Gasteiger partial charge in [0.1, 0.15) is 11.8 Å². The predicted octanol–water partition coefficient (Wildman–Crippen LogP) is 2.56. The summed E-state index contributed by atoms with van der Waals surface area (Å²) in [7, 11) is 3.03. The molecule has 1 aromatic carbocycles. The minimum Gasteiger partial charge on any atom is -0.493 e. The molecule has 0 aliphatic carbocycles. The van der Waals surface area contributed by atoms with Gasteiger partial charge in [-0.05, 0) is 44.7 Å². The fourth-order valence-electron chi connectivity index (χ4n) is 2.87. The van der Waals surface area contributed by atoms with Crippen molar-refractivity contribution < 1.29 is 28.5 Å². The molecule has 1 saturated heterocycles. The summed E-state index contributed by atoms with van der Waals surface area (Å²) in [5.74, 6) is 0.542. The zero-order chi connectivity index (χ0) is 20.9. The van der Waals surface area contributed by atoms with Gasteiger partial charge in [-0.1, -0.05) is 12.1 Å². The zero-order valence-electron chi connectivity index (χ0n) is 17.6. The molecule has 1 amide bonds. The van der Waals surface area contributed by atoms with E-state index in [0.717, 1.165) is 23.3 Å². The molecule has 0 saturated carbocycles. The highest BCUT2D eigenvalue weighted by molar-refractivity contribution is 5.87. The highest BCUT2D eigenvalue weighted by Crippen LogP contribution is 2.28. The van der Waals surface area contributed by atoms with Crippen LogP contribution in [0.2, 0.25) is 0 Å². The van der Waals surface area contributed by atoms with Crippen LogP contribution in [0.3, 0.4) is 0 Å². The Morgan fingerprint density at radius 2 is 1.96 bits per heavy atom. The van der Waals surface area contributed by atoms with E-state index in [0.29, 0.717) is 39.3 Å². The molecule has 7 nitrogen and oxygen atoms in total. The van der Waals surface area contributed by atoms with Gasteiger partial charge < -0.3 is 24.3 Å². The largest absolute Gasteiger partial charge is 0.493 e. The Bertz CT molecular complexity index is 632. The molecule has 1 heterocycles. The quantitative estimate of drug-likeness (QED) is 0.647. The number of rotatable bonds is 9. The lowest BCUT2D eigenvalue weighted by Gasteiger charge is -2.17. The van der Waals surface area contributed by atoms with Crippen molar-refractivity contribution in [1.82, 2.24) is 5.32 Å². The molecule has 0 aromatic heterocycles. The number of amides is 1. The van der Waals surface area contributed by atoms with Gasteiger partial charge in [0.2, 0.25) is 5.91 Å². The van der Waals surface area contributed by atoms with E-state index in [4.69, 9.17) is 14.2 Å². The highest BCUT2D eigenvalue weighted by atomic mass is 16.5. The third-order valence-corrected chi connectivity index (χ3v) is 4.35. The van der Waals surface area contributed by atoms with E-state index in [1.807, 2.05) is 13.8 Å². The van der Waals surface area contributed by atoms with Crippen molar-refractivity contribution in [2.75, 3.05) is 34.0 Å². The summed E-state index contributed by atoms with van der Waals surface area (Å²) >= 11 is 0. The summed E-state index contributed by atoms with van der Waals surface area (Å²) in [4.78, 5) is 21.3. The molecule has 0 bridgehead atoms. The van der Waals surface area contributed by atoms with E-state index < -0.39 is 6.04 Å². The molecule has 1 atom stereocenters. The molecule has 0 unspecified atom stereocenters. The van der Waals surface area contributed by atoms with E-state index in [1.165, 1.54) is 12.7 Å². The average Bonchev–Trinajstić information content (AvgIpc) is 3.14. The molecule has 1 fully saturated rings. The van der Waals surface area contributed by atoms with Gasteiger partial charge >= 0.3 is 5.97 Å². The molecule has 28 heavy (non-hydrogen) atoms. The predicted molar refractivity (Wildman–Crippen MR) is 106 cm³/mol. The number of hydrogen-bond donors (Lipinski definition) is 1. The SMILES string of the molecule is CCOCc1c(CCOC)ccc(C)c1OCC.COC(=O)[C@@H]1CCC(=O)N1. The Kier molecular flexibility index (Phi) is 11.2. The molecule has 1 aromatic rings. The number of carbonyl (C=O) groups excluding carboxylic acids is 2. The van der Waals surface area contributed by atoms with Crippen LogP contribution in [0.15, 0.2) is 12.1 Å². The van der Waals surface area contributed by atoms with E-state index >= 15 is 0 Å². The molecular weight excluding hydrogens is 362 g/mol.